The highest BCUT2D eigenvalue weighted by atomic mass is 16.5. The maximum Gasteiger partial charge on any atom is 0.334 e. The molecular formula is C22H27NO5. The third kappa shape index (κ3) is 4.21. The van der Waals surface area contributed by atoms with Gasteiger partial charge in [-0.05, 0) is 82.2 Å². The van der Waals surface area contributed by atoms with Gasteiger partial charge in [-0.1, -0.05) is 0 Å². The summed E-state index contributed by atoms with van der Waals surface area (Å²) < 4.78 is 5.72. The molecule has 1 aliphatic rings. The summed E-state index contributed by atoms with van der Waals surface area (Å²) >= 11 is 0. The van der Waals surface area contributed by atoms with Crippen LogP contribution in [0.2, 0.25) is 0 Å². The number of nitrogens with zero attached hydrogens (tertiary/aromatic N) is 1. The number of hydrogen-bond acceptors (Lipinski definition) is 5. The normalized spacial score (nSPS) is 14.6. The molecule has 150 valence electrons. The van der Waals surface area contributed by atoms with E-state index >= 15 is 0 Å². The summed E-state index contributed by atoms with van der Waals surface area (Å²) in [5, 5.41) is 0. The highest BCUT2D eigenvalue weighted by Gasteiger charge is 2.37. The highest BCUT2D eigenvalue weighted by molar-refractivity contribution is 6.14. The van der Waals surface area contributed by atoms with Crippen molar-refractivity contribution in [2.75, 3.05) is 0 Å². The Morgan fingerprint density at radius 1 is 0.893 bits per heavy atom. The zero-order valence-electron chi connectivity index (χ0n) is 17.3. The van der Waals surface area contributed by atoms with Crippen LogP contribution in [0.4, 0.5) is 0 Å². The molecule has 0 N–H and O–H groups in total. The Morgan fingerprint density at radius 2 is 1.36 bits per heavy atom. The molecule has 28 heavy (non-hydrogen) atoms. The van der Waals surface area contributed by atoms with E-state index in [1.165, 1.54) is 6.92 Å². The van der Waals surface area contributed by atoms with Crippen molar-refractivity contribution < 1.29 is 23.9 Å². The van der Waals surface area contributed by atoms with Crippen molar-refractivity contribution in [3.63, 3.8) is 0 Å². The van der Waals surface area contributed by atoms with Gasteiger partial charge >= 0.3 is 5.97 Å². The van der Waals surface area contributed by atoms with Crippen LogP contribution in [0.5, 0.6) is 5.75 Å². The first kappa shape index (κ1) is 21.5. The summed E-state index contributed by atoms with van der Waals surface area (Å²) in [4.78, 5) is 49.4. The van der Waals surface area contributed by atoms with Gasteiger partial charge in [0, 0.05) is 18.6 Å². The number of rotatable bonds is 7. The van der Waals surface area contributed by atoms with Gasteiger partial charge in [-0.3, -0.25) is 14.5 Å². The van der Waals surface area contributed by atoms with Crippen molar-refractivity contribution in [1.82, 2.24) is 4.90 Å². The molecule has 0 spiro atoms. The molecule has 0 radical (unpaired) electrons. The van der Waals surface area contributed by atoms with Crippen LogP contribution >= 0.6 is 0 Å². The summed E-state index contributed by atoms with van der Waals surface area (Å²) in [7, 11) is 0. The summed E-state index contributed by atoms with van der Waals surface area (Å²) in [5.41, 5.74) is 4.92. The minimum atomic E-state index is -1.06. The van der Waals surface area contributed by atoms with Gasteiger partial charge in [0.1, 0.15) is 17.6 Å². The second-order valence-corrected chi connectivity index (χ2v) is 7.37. The molecule has 1 aromatic rings. The van der Waals surface area contributed by atoms with E-state index in [1.807, 2.05) is 34.6 Å². The molecular weight excluding hydrogens is 358 g/mol. The zero-order valence-corrected chi connectivity index (χ0v) is 17.3. The summed E-state index contributed by atoms with van der Waals surface area (Å²) in [6.07, 6.45) is 3.12. The van der Waals surface area contributed by atoms with Crippen LogP contribution < -0.4 is 4.74 Å². The Morgan fingerprint density at radius 3 is 1.82 bits per heavy atom. The maximum absolute atomic E-state index is 13.0. The lowest BCUT2D eigenvalue weighted by Gasteiger charge is -2.26. The Labute approximate surface area is 165 Å². The smallest absolute Gasteiger partial charge is 0.334 e. The molecule has 0 bridgehead atoms. The summed E-state index contributed by atoms with van der Waals surface area (Å²) in [5.74, 6) is -1.29. The number of Topliss-reactive ketones (excluding diaryl/α,β-unsaturated/α-hetero) is 1. The van der Waals surface area contributed by atoms with Crippen molar-refractivity contribution in [3.05, 3.63) is 40.0 Å². The van der Waals surface area contributed by atoms with Gasteiger partial charge in [-0.25, -0.2) is 4.79 Å². The molecule has 2 amide bonds. The summed E-state index contributed by atoms with van der Waals surface area (Å²) in [6.45, 7) is 11.2. The number of amides is 2. The zero-order chi connectivity index (χ0) is 21.2. The fourth-order valence-electron chi connectivity index (χ4n) is 3.40. The van der Waals surface area contributed by atoms with E-state index in [9.17, 15) is 19.2 Å². The van der Waals surface area contributed by atoms with E-state index in [1.54, 1.807) is 0 Å². The van der Waals surface area contributed by atoms with Gasteiger partial charge in [0.25, 0.3) is 11.8 Å². The first-order valence-electron chi connectivity index (χ1n) is 9.39. The third-order valence-electron chi connectivity index (χ3n) is 5.57. The van der Waals surface area contributed by atoms with Crippen molar-refractivity contribution in [2.45, 2.75) is 66.8 Å². The van der Waals surface area contributed by atoms with Gasteiger partial charge in [0.2, 0.25) is 0 Å². The SMILES string of the molecule is CC(=O)CCC[C@@H](C(=O)Oc1c(C)c(C)c(C)c(C)c1C)N1C(=O)C=CC1=O. The number of ether oxygens (including phenoxy) is 1. The van der Waals surface area contributed by atoms with E-state index in [4.69, 9.17) is 4.74 Å². The number of benzene rings is 1. The van der Waals surface area contributed by atoms with Crippen LogP contribution in [-0.4, -0.2) is 34.5 Å². The monoisotopic (exact) mass is 385 g/mol. The molecule has 0 aliphatic carbocycles. The maximum atomic E-state index is 13.0. The first-order valence-corrected chi connectivity index (χ1v) is 9.39. The van der Waals surface area contributed by atoms with Gasteiger partial charge in [-0.15, -0.1) is 0 Å². The predicted molar refractivity (Wildman–Crippen MR) is 105 cm³/mol. The topological polar surface area (TPSA) is 80.8 Å². The van der Waals surface area contributed by atoms with E-state index in [2.05, 4.69) is 0 Å². The van der Waals surface area contributed by atoms with Crippen molar-refractivity contribution in [3.8, 4) is 5.75 Å². The van der Waals surface area contributed by atoms with Gasteiger partial charge < -0.3 is 9.53 Å². The summed E-state index contributed by atoms with van der Waals surface area (Å²) in [6, 6.07) is -1.06. The molecule has 0 unspecified atom stereocenters. The Bertz CT molecular complexity index is 834. The molecule has 1 atom stereocenters. The molecule has 0 saturated heterocycles. The van der Waals surface area contributed by atoms with Crippen LogP contribution in [0.3, 0.4) is 0 Å². The molecule has 0 saturated carbocycles. The lowest BCUT2D eigenvalue weighted by molar-refractivity contribution is -0.152. The fraction of sp³-hybridized carbons (Fsp3) is 0.455. The third-order valence-corrected chi connectivity index (χ3v) is 5.57. The van der Waals surface area contributed by atoms with Crippen LogP contribution in [0.25, 0.3) is 0 Å². The number of esters is 1. The van der Waals surface area contributed by atoms with Crippen molar-refractivity contribution in [2.24, 2.45) is 0 Å². The molecule has 0 aromatic heterocycles. The van der Waals surface area contributed by atoms with E-state index in [-0.39, 0.29) is 18.6 Å². The number of carbonyl (C=O) groups excluding carboxylic acids is 4. The van der Waals surface area contributed by atoms with Crippen LogP contribution in [0.1, 0.15) is 54.0 Å². The second-order valence-electron chi connectivity index (χ2n) is 7.37. The second kappa shape index (κ2) is 8.50. The molecule has 0 fully saturated rings. The quantitative estimate of drug-likeness (QED) is 0.409. The average Bonchev–Trinajstić information content (AvgIpc) is 2.97. The van der Waals surface area contributed by atoms with E-state index in [0.717, 1.165) is 44.9 Å². The Balaban J connectivity index is 2.34. The Hall–Kier alpha value is -2.76. The fourth-order valence-corrected chi connectivity index (χ4v) is 3.40. The number of imide groups is 1. The molecule has 6 nitrogen and oxygen atoms in total. The average molecular weight is 385 g/mol. The minimum absolute atomic E-state index is 0.0132. The van der Waals surface area contributed by atoms with Gasteiger partial charge in [-0.2, -0.15) is 0 Å². The number of ketones is 1. The number of carbonyl (C=O) groups is 4. The Kier molecular flexibility index (Phi) is 6.54. The van der Waals surface area contributed by atoms with E-state index < -0.39 is 23.8 Å². The minimum Gasteiger partial charge on any atom is -0.424 e. The predicted octanol–water partition coefficient (Wildman–Crippen LogP) is 3.19. The molecule has 1 aliphatic heterocycles. The van der Waals surface area contributed by atoms with Crippen molar-refractivity contribution >= 4 is 23.6 Å². The van der Waals surface area contributed by atoms with Crippen LogP contribution in [0.15, 0.2) is 12.2 Å². The molecule has 1 aromatic carbocycles. The first-order chi connectivity index (χ1) is 13.1. The molecule has 6 heteroatoms. The lowest BCUT2D eigenvalue weighted by atomic mass is 9.94. The molecule has 1 heterocycles. The highest BCUT2D eigenvalue weighted by Crippen LogP contribution is 2.33. The van der Waals surface area contributed by atoms with Crippen LogP contribution in [0, 0.1) is 34.6 Å². The van der Waals surface area contributed by atoms with Gasteiger partial charge in [0.05, 0.1) is 0 Å². The van der Waals surface area contributed by atoms with Crippen molar-refractivity contribution in [1.29, 1.82) is 0 Å². The standard InChI is InChI=1S/C22H27NO5/c1-12(24)8-7-9-18(23-19(25)10-11-20(23)26)22(27)28-21-16(5)14(3)13(2)15(4)17(21)6/h10-11,18H,7-9H2,1-6H3/t18-/m0/s1. The van der Waals surface area contributed by atoms with Gasteiger partial charge in [0.15, 0.2) is 0 Å². The largest absolute Gasteiger partial charge is 0.424 e. The number of hydrogen-bond donors (Lipinski definition) is 0. The van der Waals surface area contributed by atoms with Crippen LogP contribution in [-0.2, 0) is 19.2 Å². The molecule has 2 rings (SSSR count). The lowest BCUT2D eigenvalue weighted by Crippen LogP contribution is -2.46. The van der Waals surface area contributed by atoms with E-state index in [0.29, 0.717) is 12.2 Å².